The van der Waals surface area contributed by atoms with Crippen molar-refractivity contribution in [1.29, 1.82) is 0 Å². The molecule has 0 aromatic heterocycles. The van der Waals surface area contributed by atoms with Crippen molar-refractivity contribution in [3.8, 4) is 11.1 Å². The smallest absolute Gasteiger partial charge is 0.410 e. The van der Waals surface area contributed by atoms with Crippen LogP contribution in [0, 0.1) is 0 Å². The highest BCUT2D eigenvalue weighted by atomic mass is 16.6. The quantitative estimate of drug-likeness (QED) is 0.559. The Hall–Kier alpha value is -3.84. The monoisotopic (exact) mass is 472 g/mol. The average molecular weight is 473 g/mol. The second-order valence-electron chi connectivity index (χ2n) is 8.94. The molecule has 2 N–H and O–H groups in total. The van der Waals surface area contributed by atoms with Gasteiger partial charge in [-0.2, -0.15) is 0 Å². The van der Waals surface area contributed by atoms with Crippen molar-refractivity contribution in [2.75, 3.05) is 19.7 Å². The van der Waals surface area contributed by atoms with Gasteiger partial charge in [0, 0.05) is 12.5 Å². The number of nitrogens with one attached hydrogen (secondary N) is 1. The molecule has 3 aromatic carbocycles. The topological polar surface area (TPSA) is 88.1 Å². The number of ether oxygens (including phenoxy) is 2. The van der Waals surface area contributed by atoms with E-state index in [1.807, 2.05) is 54.6 Å². The minimum absolute atomic E-state index is 0.0223. The normalized spacial score (nSPS) is 18.6. The van der Waals surface area contributed by atoms with Crippen LogP contribution in [-0.4, -0.2) is 54.0 Å². The number of hydrogen-bond acceptors (Lipinski definition) is 5. The zero-order valence-corrected chi connectivity index (χ0v) is 19.3. The molecule has 2 aliphatic rings. The van der Waals surface area contributed by atoms with E-state index in [0.717, 1.165) is 16.7 Å². The third-order valence-corrected chi connectivity index (χ3v) is 6.66. The maximum atomic E-state index is 12.6. The molecule has 1 aliphatic heterocycles. The van der Waals surface area contributed by atoms with Crippen LogP contribution in [0.3, 0.4) is 0 Å². The van der Waals surface area contributed by atoms with Crippen LogP contribution < -0.4 is 5.32 Å². The zero-order valence-electron chi connectivity index (χ0n) is 19.3. The molecule has 1 aliphatic carbocycles. The lowest BCUT2D eigenvalue weighted by Crippen LogP contribution is -2.43. The fraction of sp³-hybridized carbons (Fsp3) is 0.286. The highest BCUT2D eigenvalue weighted by Gasteiger charge is 2.36. The number of alkyl carbamates (subject to hydrolysis) is 1. The van der Waals surface area contributed by atoms with E-state index in [0.29, 0.717) is 6.42 Å². The Morgan fingerprint density at radius 1 is 0.886 bits per heavy atom. The van der Waals surface area contributed by atoms with E-state index >= 15 is 0 Å². The Morgan fingerprint density at radius 2 is 1.51 bits per heavy atom. The van der Waals surface area contributed by atoms with Crippen LogP contribution >= 0.6 is 0 Å². The van der Waals surface area contributed by atoms with Gasteiger partial charge in [-0.1, -0.05) is 78.9 Å². The summed E-state index contributed by atoms with van der Waals surface area (Å²) in [6.07, 6.45) is -1.35. The highest BCUT2D eigenvalue weighted by Crippen LogP contribution is 2.44. The number of hydrogen-bond donors (Lipinski definition) is 2. The van der Waals surface area contributed by atoms with Gasteiger partial charge in [0.1, 0.15) is 13.2 Å². The summed E-state index contributed by atoms with van der Waals surface area (Å²) < 4.78 is 11.0. The summed E-state index contributed by atoms with van der Waals surface area (Å²) in [5.41, 5.74) is 5.51. The number of aliphatic hydroxyl groups excluding tert-OH is 1. The molecule has 2 atom stereocenters. The molecule has 0 bridgehead atoms. The van der Waals surface area contributed by atoms with Crippen LogP contribution in [0.5, 0.6) is 0 Å². The second kappa shape index (κ2) is 10.2. The summed E-state index contributed by atoms with van der Waals surface area (Å²) in [7, 11) is 0. The molecule has 7 heteroatoms. The molecule has 7 nitrogen and oxygen atoms in total. The van der Waals surface area contributed by atoms with Crippen LogP contribution in [0.4, 0.5) is 9.59 Å². The van der Waals surface area contributed by atoms with E-state index in [2.05, 4.69) is 29.6 Å². The van der Waals surface area contributed by atoms with Crippen molar-refractivity contribution in [1.82, 2.24) is 10.2 Å². The van der Waals surface area contributed by atoms with Gasteiger partial charge >= 0.3 is 12.2 Å². The average Bonchev–Trinajstić information content (AvgIpc) is 3.43. The summed E-state index contributed by atoms with van der Waals surface area (Å²) in [6, 6.07) is 25.4. The van der Waals surface area contributed by atoms with E-state index in [9.17, 15) is 14.7 Å². The first-order chi connectivity index (χ1) is 17.1. The SMILES string of the molecule is O=C(NC[C@@H]1C[C@@H](O)CN1C(=O)OCc1ccccc1)OCC1c2ccccc2-c2ccccc21. The van der Waals surface area contributed by atoms with Crippen molar-refractivity contribution in [2.45, 2.75) is 31.1 Å². The van der Waals surface area contributed by atoms with Crippen LogP contribution in [0.1, 0.15) is 29.0 Å². The van der Waals surface area contributed by atoms with Gasteiger partial charge in [0.2, 0.25) is 0 Å². The Bertz CT molecular complexity index is 1150. The lowest BCUT2D eigenvalue weighted by molar-refractivity contribution is 0.0865. The van der Waals surface area contributed by atoms with Crippen molar-refractivity contribution in [3.63, 3.8) is 0 Å². The molecule has 0 unspecified atom stereocenters. The molecular formula is C28H28N2O5. The molecular weight excluding hydrogens is 444 g/mol. The van der Waals surface area contributed by atoms with Gasteiger partial charge in [0.15, 0.2) is 0 Å². The second-order valence-corrected chi connectivity index (χ2v) is 8.94. The molecule has 5 rings (SSSR count). The molecule has 0 spiro atoms. The molecule has 1 heterocycles. The zero-order chi connectivity index (χ0) is 24.2. The maximum Gasteiger partial charge on any atom is 0.410 e. The number of likely N-dealkylation sites (tertiary alicyclic amines) is 1. The number of rotatable bonds is 6. The number of benzene rings is 3. The first-order valence-corrected chi connectivity index (χ1v) is 11.8. The predicted octanol–water partition coefficient (Wildman–Crippen LogP) is 4.30. The van der Waals surface area contributed by atoms with Crippen LogP contribution in [0.15, 0.2) is 78.9 Å². The minimum Gasteiger partial charge on any atom is -0.449 e. The van der Waals surface area contributed by atoms with Crippen LogP contribution in [-0.2, 0) is 16.1 Å². The third kappa shape index (κ3) is 5.00. The number of β-amino-alcohol motifs (C(OH)–C–C–N with tert-alkyl or cyclic N) is 1. The van der Waals surface area contributed by atoms with E-state index in [-0.39, 0.29) is 38.3 Å². The van der Waals surface area contributed by atoms with Gasteiger partial charge in [-0.3, -0.25) is 0 Å². The molecule has 3 aromatic rings. The minimum atomic E-state index is -0.659. The molecule has 35 heavy (non-hydrogen) atoms. The highest BCUT2D eigenvalue weighted by molar-refractivity contribution is 5.79. The van der Waals surface area contributed by atoms with Gasteiger partial charge < -0.3 is 24.8 Å². The lowest BCUT2D eigenvalue weighted by atomic mass is 9.98. The molecule has 2 amide bonds. The van der Waals surface area contributed by atoms with Crippen molar-refractivity contribution in [2.24, 2.45) is 0 Å². The Labute approximate surface area is 204 Å². The molecule has 0 radical (unpaired) electrons. The van der Waals surface area contributed by atoms with Crippen molar-refractivity contribution >= 4 is 12.2 Å². The predicted molar refractivity (Wildman–Crippen MR) is 131 cm³/mol. The number of amides is 2. The standard InChI is InChI=1S/C28H28N2O5/c31-21-14-20(30(16-21)28(33)35-17-19-8-2-1-3-9-19)15-29-27(32)34-18-26-24-12-6-4-10-22(24)23-11-5-7-13-25(23)26/h1-13,20-21,26,31H,14-18H2,(H,29,32)/t20-,21+/m0/s1. The maximum absolute atomic E-state index is 12.6. The fourth-order valence-electron chi connectivity index (χ4n) is 4.96. The summed E-state index contributed by atoms with van der Waals surface area (Å²) in [5, 5.41) is 12.9. The Balaban J connectivity index is 1.15. The summed E-state index contributed by atoms with van der Waals surface area (Å²) in [4.78, 5) is 26.6. The molecule has 1 saturated heterocycles. The number of carbonyl (C=O) groups excluding carboxylic acids is 2. The third-order valence-electron chi connectivity index (χ3n) is 6.66. The van der Waals surface area contributed by atoms with Crippen molar-refractivity contribution < 1.29 is 24.2 Å². The lowest BCUT2D eigenvalue weighted by Gasteiger charge is -2.24. The first-order valence-electron chi connectivity index (χ1n) is 11.8. The van der Waals surface area contributed by atoms with Crippen LogP contribution in [0.25, 0.3) is 11.1 Å². The van der Waals surface area contributed by atoms with Crippen LogP contribution in [0.2, 0.25) is 0 Å². The van der Waals surface area contributed by atoms with E-state index in [4.69, 9.17) is 9.47 Å². The number of aliphatic hydroxyl groups is 1. The van der Waals surface area contributed by atoms with Gasteiger partial charge in [0.25, 0.3) is 0 Å². The summed E-state index contributed by atoms with van der Waals surface area (Å²) in [6.45, 7) is 0.716. The molecule has 180 valence electrons. The molecule has 0 saturated carbocycles. The first kappa shape index (κ1) is 22.9. The Morgan fingerprint density at radius 3 is 2.20 bits per heavy atom. The summed E-state index contributed by atoms with van der Waals surface area (Å²) >= 11 is 0. The number of carbonyl (C=O) groups is 2. The number of nitrogens with zero attached hydrogens (tertiary/aromatic N) is 1. The van der Waals surface area contributed by atoms with Gasteiger partial charge in [-0.25, -0.2) is 9.59 Å². The largest absolute Gasteiger partial charge is 0.449 e. The summed E-state index contributed by atoms with van der Waals surface area (Å²) in [5.74, 6) is -0.0223. The van der Waals surface area contributed by atoms with E-state index < -0.39 is 18.3 Å². The van der Waals surface area contributed by atoms with Gasteiger partial charge in [-0.15, -0.1) is 0 Å². The van der Waals surface area contributed by atoms with E-state index in [1.165, 1.54) is 16.0 Å². The molecule has 1 fully saturated rings. The number of fused-ring (bicyclic) bond motifs is 3. The fourth-order valence-corrected chi connectivity index (χ4v) is 4.96. The van der Waals surface area contributed by atoms with Crippen molar-refractivity contribution in [3.05, 3.63) is 95.6 Å². The van der Waals surface area contributed by atoms with Gasteiger partial charge in [0.05, 0.1) is 18.7 Å². The van der Waals surface area contributed by atoms with Gasteiger partial charge in [-0.05, 0) is 34.2 Å². The Kier molecular flexibility index (Phi) is 6.68. The van der Waals surface area contributed by atoms with E-state index in [1.54, 1.807) is 0 Å².